The van der Waals surface area contributed by atoms with E-state index in [-0.39, 0.29) is 11.7 Å². The van der Waals surface area contributed by atoms with E-state index in [1.165, 1.54) is 13.2 Å². The summed E-state index contributed by atoms with van der Waals surface area (Å²) in [6.45, 7) is 1.75. The molecule has 0 saturated carbocycles. The average molecular weight is 221 g/mol. The molecule has 0 heterocycles. The molecule has 86 valence electrons. The lowest BCUT2D eigenvalue weighted by Gasteiger charge is -2.13. The molecule has 1 aromatic carbocycles. The number of methoxy groups -OCH3 is 1. The summed E-state index contributed by atoms with van der Waals surface area (Å²) in [5, 5.41) is 27.9. The quantitative estimate of drug-likeness (QED) is 0.815. The molecule has 0 radical (unpaired) electrons. The summed E-state index contributed by atoms with van der Waals surface area (Å²) in [5.74, 6) is 0.141. The maximum absolute atomic E-state index is 9.84. The van der Waals surface area contributed by atoms with Crippen LogP contribution in [-0.4, -0.2) is 17.3 Å². The molecule has 16 heavy (non-hydrogen) atoms. The number of benzene rings is 1. The van der Waals surface area contributed by atoms with Crippen molar-refractivity contribution < 1.29 is 14.9 Å². The second kappa shape index (κ2) is 5.38. The number of nitriles is 1. The molecule has 2 N–H and O–H groups in total. The fourth-order valence-electron chi connectivity index (χ4n) is 1.43. The first-order chi connectivity index (χ1) is 7.58. The SMILES string of the molecule is COc1cc(C(O)CC(C)C#N)ccc1O. The van der Waals surface area contributed by atoms with Crippen LogP contribution in [0.1, 0.15) is 25.0 Å². The lowest BCUT2D eigenvalue weighted by molar-refractivity contribution is 0.156. The highest BCUT2D eigenvalue weighted by atomic mass is 16.5. The number of aromatic hydroxyl groups is 1. The molecular weight excluding hydrogens is 206 g/mol. The molecule has 1 rings (SSSR count). The van der Waals surface area contributed by atoms with Crippen LogP contribution in [0.25, 0.3) is 0 Å². The van der Waals surface area contributed by atoms with Crippen molar-refractivity contribution >= 4 is 0 Å². The van der Waals surface area contributed by atoms with Gasteiger partial charge in [0.15, 0.2) is 11.5 Å². The van der Waals surface area contributed by atoms with Crippen LogP contribution < -0.4 is 4.74 Å². The van der Waals surface area contributed by atoms with Gasteiger partial charge in [0.05, 0.1) is 19.3 Å². The van der Waals surface area contributed by atoms with Crippen LogP contribution in [0.5, 0.6) is 11.5 Å². The van der Waals surface area contributed by atoms with Crippen molar-refractivity contribution in [2.75, 3.05) is 7.11 Å². The van der Waals surface area contributed by atoms with Crippen LogP contribution in [0.3, 0.4) is 0 Å². The van der Waals surface area contributed by atoms with E-state index in [2.05, 4.69) is 6.07 Å². The molecule has 1 aromatic rings. The van der Waals surface area contributed by atoms with E-state index in [1.54, 1.807) is 19.1 Å². The molecule has 0 spiro atoms. The monoisotopic (exact) mass is 221 g/mol. The largest absolute Gasteiger partial charge is 0.504 e. The third-order valence-electron chi connectivity index (χ3n) is 2.39. The number of phenolic OH excluding ortho intramolecular Hbond substituents is 1. The van der Waals surface area contributed by atoms with E-state index in [1.807, 2.05) is 0 Å². The molecule has 0 bridgehead atoms. The van der Waals surface area contributed by atoms with Gasteiger partial charge in [-0.3, -0.25) is 0 Å². The highest BCUT2D eigenvalue weighted by molar-refractivity contribution is 5.42. The van der Waals surface area contributed by atoms with Gasteiger partial charge in [-0.2, -0.15) is 5.26 Å². The van der Waals surface area contributed by atoms with E-state index < -0.39 is 6.10 Å². The minimum atomic E-state index is -0.718. The highest BCUT2D eigenvalue weighted by Gasteiger charge is 2.14. The minimum Gasteiger partial charge on any atom is -0.504 e. The van der Waals surface area contributed by atoms with Crippen molar-refractivity contribution in [3.05, 3.63) is 23.8 Å². The zero-order valence-electron chi connectivity index (χ0n) is 9.34. The Balaban J connectivity index is 2.84. The molecule has 0 aliphatic carbocycles. The Kier molecular flexibility index (Phi) is 4.15. The van der Waals surface area contributed by atoms with Crippen LogP contribution in [0.15, 0.2) is 18.2 Å². The molecule has 0 amide bonds. The molecule has 0 fully saturated rings. The number of aliphatic hydroxyl groups is 1. The van der Waals surface area contributed by atoms with E-state index in [4.69, 9.17) is 10.00 Å². The topological polar surface area (TPSA) is 73.5 Å². The minimum absolute atomic E-state index is 0.0341. The summed E-state index contributed by atoms with van der Waals surface area (Å²) >= 11 is 0. The molecule has 4 heteroatoms. The Hall–Kier alpha value is -1.73. The van der Waals surface area contributed by atoms with Gasteiger partial charge in [0.2, 0.25) is 0 Å². The Bertz CT molecular complexity index is 398. The fourth-order valence-corrected chi connectivity index (χ4v) is 1.43. The number of phenols is 1. The Morgan fingerprint density at radius 1 is 1.50 bits per heavy atom. The lowest BCUT2D eigenvalue weighted by Crippen LogP contribution is -2.03. The molecule has 2 unspecified atom stereocenters. The first-order valence-corrected chi connectivity index (χ1v) is 5.03. The lowest BCUT2D eigenvalue weighted by atomic mass is 9.99. The van der Waals surface area contributed by atoms with E-state index in [0.717, 1.165) is 0 Å². The van der Waals surface area contributed by atoms with Crippen LogP contribution in [0.4, 0.5) is 0 Å². The number of hydrogen-bond acceptors (Lipinski definition) is 4. The fraction of sp³-hybridized carbons (Fsp3) is 0.417. The first kappa shape index (κ1) is 12.3. The van der Waals surface area contributed by atoms with Gasteiger partial charge in [-0.05, 0) is 31.0 Å². The van der Waals surface area contributed by atoms with Gasteiger partial charge in [0.1, 0.15) is 0 Å². The van der Waals surface area contributed by atoms with Crippen molar-refractivity contribution in [2.24, 2.45) is 5.92 Å². The smallest absolute Gasteiger partial charge is 0.160 e. The Morgan fingerprint density at radius 3 is 2.75 bits per heavy atom. The molecule has 0 aliphatic rings. The zero-order chi connectivity index (χ0) is 12.1. The molecule has 4 nitrogen and oxygen atoms in total. The van der Waals surface area contributed by atoms with Gasteiger partial charge in [-0.1, -0.05) is 6.07 Å². The predicted molar refractivity (Wildman–Crippen MR) is 59.0 cm³/mol. The zero-order valence-corrected chi connectivity index (χ0v) is 9.34. The summed E-state index contributed by atoms with van der Waals surface area (Å²) in [6.07, 6.45) is -0.353. The van der Waals surface area contributed by atoms with Crippen LogP contribution in [0.2, 0.25) is 0 Å². The second-order valence-electron chi connectivity index (χ2n) is 3.71. The molecule has 0 saturated heterocycles. The second-order valence-corrected chi connectivity index (χ2v) is 3.71. The molecule has 2 atom stereocenters. The number of hydrogen-bond donors (Lipinski definition) is 2. The van der Waals surface area contributed by atoms with Crippen molar-refractivity contribution in [3.63, 3.8) is 0 Å². The van der Waals surface area contributed by atoms with Crippen LogP contribution in [0, 0.1) is 17.2 Å². The first-order valence-electron chi connectivity index (χ1n) is 5.03. The van der Waals surface area contributed by atoms with Gasteiger partial charge < -0.3 is 14.9 Å². The molecule has 0 aromatic heterocycles. The summed E-state index contributed by atoms with van der Waals surface area (Å²) in [7, 11) is 1.45. The highest BCUT2D eigenvalue weighted by Crippen LogP contribution is 2.30. The number of rotatable bonds is 4. The maximum atomic E-state index is 9.84. The molecule has 0 aliphatic heterocycles. The van der Waals surface area contributed by atoms with E-state index >= 15 is 0 Å². The summed E-state index contributed by atoms with van der Waals surface area (Å²) < 4.78 is 4.94. The van der Waals surface area contributed by atoms with Crippen molar-refractivity contribution in [1.82, 2.24) is 0 Å². The maximum Gasteiger partial charge on any atom is 0.160 e. The Labute approximate surface area is 94.7 Å². The van der Waals surface area contributed by atoms with Crippen LogP contribution >= 0.6 is 0 Å². The Morgan fingerprint density at radius 2 is 2.19 bits per heavy atom. The third-order valence-corrected chi connectivity index (χ3v) is 2.39. The van der Waals surface area contributed by atoms with Gasteiger partial charge in [0.25, 0.3) is 0 Å². The van der Waals surface area contributed by atoms with Crippen molar-refractivity contribution in [3.8, 4) is 17.6 Å². The summed E-state index contributed by atoms with van der Waals surface area (Å²) in [5.41, 5.74) is 0.636. The van der Waals surface area contributed by atoms with E-state index in [9.17, 15) is 10.2 Å². The third kappa shape index (κ3) is 2.88. The normalized spacial score (nSPS) is 13.9. The number of nitrogens with zero attached hydrogens (tertiary/aromatic N) is 1. The standard InChI is InChI=1S/C12H15NO3/c1-8(7-13)5-11(15)9-3-4-10(14)12(6-9)16-2/h3-4,6,8,11,14-15H,5H2,1-2H3. The van der Waals surface area contributed by atoms with Gasteiger partial charge >= 0.3 is 0 Å². The van der Waals surface area contributed by atoms with Crippen LogP contribution in [-0.2, 0) is 0 Å². The van der Waals surface area contributed by atoms with Gasteiger partial charge in [0, 0.05) is 5.92 Å². The number of ether oxygens (including phenoxy) is 1. The summed E-state index contributed by atoms with van der Waals surface area (Å²) in [4.78, 5) is 0. The van der Waals surface area contributed by atoms with Gasteiger partial charge in [-0.25, -0.2) is 0 Å². The molecular formula is C12H15NO3. The summed E-state index contributed by atoms with van der Waals surface area (Å²) in [6, 6.07) is 6.72. The van der Waals surface area contributed by atoms with E-state index in [0.29, 0.717) is 17.7 Å². The van der Waals surface area contributed by atoms with Crippen molar-refractivity contribution in [2.45, 2.75) is 19.4 Å². The van der Waals surface area contributed by atoms with Gasteiger partial charge in [-0.15, -0.1) is 0 Å². The van der Waals surface area contributed by atoms with Crippen molar-refractivity contribution in [1.29, 1.82) is 5.26 Å². The number of aliphatic hydroxyl groups excluding tert-OH is 1. The predicted octanol–water partition coefficient (Wildman–Crippen LogP) is 1.98. The average Bonchev–Trinajstić information content (AvgIpc) is 2.29.